The molecule has 0 aliphatic carbocycles. The third-order valence-electron chi connectivity index (χ3n) is 1.48. The Hall–Kier alpha value is -1.42. The molecule has 0 saturated heterocycles. The van der Waals surface area contributed by atoms with Crippen molar-refractivity contribution in [3.8, 4) is 5.75 Å². The molecule has 1 aromatic rings. The first-order valence-electron chi connectivity index (χ1n) is 3.47. The van der Waals surface area contributed by atoms with Crippen molar-refractivity contribution in [2.24, 2.45) is 0 Å². The molecule has 0 amide bonds. The van der Waals surface area contributed by atoms with Gasteiger partial charge in [0.05, 0.1) is 0 Å². The normalized spacial score (nSPS) is 9.62. The Morgan fingerprint density at radius 3 is 2.85 bits per heavy atom. The number of anilines is 1. The van der Waals surface area contributed by atoms with Gasteiger partial charge in [-0.05, 0) is 12.1 Å². The van der Waals surface area contributed by atoms with E-state index in [1.54, 1.807) is 6.07 Å². The van der Waals surface area contributed by atoms with Crippen LogP contribution in [0.4, 0.5) is 5.69 Å². The summed E-state index contributed by atoms with van der Waals surface area (Å²) in [5.74, 6) is -0.944. The SMILES string of the molecule is Nc1cccc(OCCl)c1C(=O)O. The molecular formula is C8H8ClNO3. The van der Waals surface area contributed by atoms with Crippen molar-refractivity contribution >= 4 is 23.3 Å². The summed E-state index contributed by atoms with van der Waals surface area (Å²) in [7, 11) is 0. The van der Waals surface area contributed by atoms with E-state index in [4.69, 9.17) is 27.2 Å². The summed E-state index contributed by atoms with van der Waals surface area (Å²) in [5, 5.41) is 8.77. The molecule has 3 N–H and O–H groups in total. The van der Waals surface area contributed by atoms with E-state index in [1.807, 2.05) is 0 Å². The van der Waals surface area contributed by atoms with Gasteiger partial charge in [-0.1, -0.05) is 17.7 Å². The molecule has 13 heavy (non-hydrogen) atoms. The largest absolute Gasteiger partial charge is 0.477 e. The van der Waals surface area contributed by atoms with E-state index in [0.717, 1.165) is 0 Å². The van der Waals surface area contributed by atoms with Crippen LogP contribution < -0.4 is 10.5 Å². The van der Waals surface area contributed by atoms with Gasteiger partial charge >= 0.3 is 5.97 Å². The fourth-order valence-electron chi connectivity index (χ4n) is 0.956. The molecule has 0 aliphatic heterocycles. The van der Waals surface area contributed by atoms with Crippen molar-refractivity contribution < 1.29 is 14.6 Å². The van der Waals surface area contributed by atoms with Crippen molar-refractivity contribution in [1.82, 2.24) is 0 Å². The molecule has 1 rings (SSSR count). The van der Waals surface area contributed by atoms with E-state index < -0.39 is 5.97 Å². The van der Waals surface area contributed by atoms with Crippen LogP contribution in [0.15, 0.2) is 18.2 Å². The Morgan fingerprint density at radius 2 is 2.31 bits per heavy atom. The van der Waals surface area contributed by atoms with E-state index in [-0.39, 0.29) is 23.1 Å². The zero-order valence-electron chi connectivity index (χ0n) is 6.66. The van der Waals surface area contributed by atoms with Gasteiger partial charge in [0.1, 0.15) is 11.3 Å². The van der Waals surface area contributed by atoms with Crippen LogP contribution in [0.3, 0.4) is 0 Å². The lowest BCUT2D eigenvalue weighted by atomic mass is 10.1. The number of carbonyl (C=O) groups is 1. The number of carboxylic acid groups (broad SMARTS) is 1. The molecule has 0 fully saturated rings. The summed E-state index contributed by atoms with van der Waals surface area (Å²) in [4.78, 5) is 10.7. The van der Waals surface area contributed by atoms with Crippen molar-refractivity contribution in [1.29, 1.82) is 0 Å². The van der Waals surface area contributed by atoms with Crippen LogP contribution in [-0.2, 0) is 0 Å². The van der Waals surface area contributed by atoms with Crippen molar-refractivity contribution in [2.45, 2.75) is 0 Å². The number of alkyl halides is 1. The molecule has 0 atom stereocenters. The molecule has 5 heteroatoms. The zero-order chi connectivity index (χ0) is 9.84. The predicted molar refractivity (Wildman–Crippen MR) is 49.2 cm³/mol. The lowest BCUT2D eigenvalue weighted by molar-refractivity contribution is 0.0694. The van der Waals surface area contributed by atoms with Gasteiger partial charge in [0.15, 0.2) is 6.07 Å². The topological polar surface area (TPSA) is 72.5 Å². The molecule has 0 heterocycles. The minimum atomic E-state index is -1.13. The molecule has 0 bridgehead atoms. The molecule has 4 nitrogen and oxygen atoms in total. The monoisotopic (exact) mass is 201 g/mol. The smallest absolute Gasteiger partial charge is 0.341 e. The van der Waals surface area contributed by atoms with Gasteiger partial charge in [-0.2, -0.15) is 0 Å². The highest BCUT2D eigenvalue weighted by Gasteiger charge is 2.14. The number of benzene rings is 1. The van der Waals surface area contributed by atoms with Gasteiger partial charge in [-0.3, -0.25) is 0 Å². The van der Waals surface area contributed by atoms with E-state index in [0.29, 0.717) is 0 Å². The van der Waals surface area contributed by atoms with Gasteiger partial charge in [-0.25, -0.2) is 4.79 Å². The number of hydrogen-bond donors (Lipinski definition) is 2. The van der Waals surface area contributed by atoms with Crippen LogP contribution in [0, 0.1) is 0 Å². The maximum Gasteiger partial charge on any atom is 0.341 e. The van der Waals surface area contributed by atoms with E-state index in [1.165, 1.54) is 12.1 Å². The molecule has 0 spiro atoms. The first kappa shape index (κ1) is 9.67. The number of nitrogen functional groups attached to an aromatic ring is 1. The molecule has 0 aromatic heterocycles. The molecule has 0 radical (unpaired) electrons. The second-order valence-electron chi connectivity index (χ2n) is 2.28. The number of carboxylic acids is 1. The van der Waals surface area contributed by atoms with Gasteiger partial charge in [-0.15, -0.1) is 0 Å². The Bertz CT molecular complexity index is 327. The maximum absolute atomic E-state index is 10.7. The number of nitrogens with two attached hydrogens (primary N) is 1. The van der Waals surface area contributed by atoms with E-state index in [9.17, 15) is 4.79 Å². The van der Waals surface area contributed by atoms with Crippen LogP contribution in [0.5, 0.6) is 5.75 Å². The van der Waals surface area contributed by atoms with Crippen LogP contribution in [0.2, 0.25) is 0 Å². The molecule has 70 valence electrons. The van der Waals surface area contributed by atoms with Crippen LogP contribution in [0.1, 0.15) is 10.4 Å². The fraction of sp³-hybridized carbons (Fsp3) is 0.125. The first-order valence-corrected chi connectivity index (χ1v) is 4.01. The van der Waals surface area contributed by atoms with E-state index in [2.05, 4.69) is 0 Å². The van der Waals surface area contributed by atoms with Gasteiger partial charge in [0.2, 0.25) is 0 Å². The quantitative estimate of drug-likeness (QED) is 0.575. The van der Waals surface area contributed by atoms with Crippen molar-refractivity contribution in [2.75, 3.05) is 11.8 Å². The average Bonchev–Trinajstić information content (AvgIpc) is 2.04. The molecule has 0 saturated carbocycles. The van der Waals surface area contributed by atoms with Crippen molar-refractivity contribution in [3.63, 3.8) is 0 Å². The summed E-state index contributed by atoms with van der Waals surface area (Å²) in [6, 6.07) is 4.49. The summed E-state index contributed by atoms with van der Waals surface area (Å²) in [6.45, 7) is 0. The van der Waals surface area contributed by atoms with Crippen LogP contribution in [0.25, 0.3) is 0 Å². The number of aromatic carboxylic acids is 1. The van der Waals surface area contributed by atoms with Crippen LogP contribution >= 0.6 is 11.6 Å². The summed E-state index contributed by atoms with van der Waals surface area (Å²) >= 11 is 5.31. The Balaban J connectivity index is 3.17. The summed E-state index contributed by atoms with van der Waals surface area (Å²) in [6.07, 6.45) is 0. The van der Waals surface area contributed by atoms with Crippen molar-refractivity contribution in [3.05, 3.63) is 23.8 Å². The lowest BCUT2D eigenvalue weighted by Gasteiger charge is -2.07. The number of halogens is 1. The highest BCUT2D eigenvalue weighted by molar-refractivity contribution is 6.17. The predicted octanol–water partition coefficient (Wildman–Crippen LogP) is 1.54. The summed E-state index contributed by atoms with van der Waals surface area (Å²) in [5.41, 5.74) is 5.56. The van der Waals surface area contributed by atoms with Crippen LogP contribution in [-0.4, -0.2) is 17.1 Å². The minimum absolute atomic E-state index is 0.0526. The second kappa shape index (κ2) is 4.00. The Morgan fingerprint density at radius 1 is 1.62 bits per heavy atom. The fourth-order valence-corrected chi connectivity index (χ4v) is 1.07. The average molecular weight is 202 g/mol. The van der Waals surface area contributed by atoms with Gasteiger partial charge in [0.25, 0.3) is 0 Å². The standard InChI is InChI=1S/C8H8ClNO3/c9-4-13-6-3-1-2-5(10)7(6)8(11)12/h1-3H,4,10H2,(H,11,12). The first-order chi connectivity index (χ1) is 6.16. The Kier molecular flexibility index (Phi) is 2.97. The highest BCUT2D eigenvalue weighted by Crippen LogP contribution is 2.24. The molecule has 0 unspecified atom stereocenters. The zero-order valence-corrected chi connectivity index (χ0v) is 7.41. The molecule has 1 aromatic carbocycles. The minimum Gasteiger partial charge on any atom is -0.477 e. The van der Waals surface area contributed by atoms with Gasteiger partial charge < -0.3 is 15.6 Å². The second-order valence-corrected chi connectivity index (χ2v) is 2.50. The highest BCUT2D eigenvalue weighted by atomic mass is 35.5. The number of hydrogen-bond acceptors (Lipinski definition) is 3. The summed E-state index contributed by atoms with van der Waals surface area (Å²) < 4.78 is 4.88. The molecule has 0 aliphatic rings. The third-order valence-corrected chi connectivity index (χ3v) is 1.59. The lowest BCUT2D eigenvalue weighted by Crippen LogP contribution is -2.05. The number of rotatable bonds is 3. The maximum atomic E-state index is 10.7. The van der Waals surface area contributed by atoms with Gasteiger partial charge in [0, 0.05) is 5.69 Å². The Labute approximate surface area is 79.9 Å². The molecular weight excluding hydrogens is 194 g/mol. The van der Waals surface area contributed by atoms with E-state index >= 15 is 0 Å². The number of ether oxygens (including phenoxy) is 1. The third kappa shape index (κ3) is 2.03.